The van der Waals surface area contributed by atoms with Gasteiger partial charge in [-0.15, -0.1) is 0 Å². The molecule has 30 heavy (non-hydrogen) atoms. The molecule has 2 aromatic heterocycles. The normalized spacial score (nSPS) is 16.0. The first-order valence-electron chi connectivity index (χ1n) is 9.66. The van der Waals surface area contributed by atoms with Gasteiger partial charge < -0.3 is 14.8 Å². The minimum atomic E-state index is -0.504. The fraction of sp³-hybridized carbons (Fsp3) is 0.333. The molecule has 4 rings (SSSR count). The lowest BCUT2D eigenvalue weighted by atomic mass is 10.2. The molecular weight excluding hydrogens is 388 g/mol. The number of benzene rings is 1. The Morgan fingerprint density at radius 1 is 1.17 bits per heavy atom. The van der Waals surface area contributed by atoms with Gasteiger partial charge >= 0.3 is 5.69 Å². The zero-order valence-corrected chi connectivity index (χ0v) is 16.8. The number of nitrogens with zero attached hydrogens (tertiary/aromatic N) is 3. The van der Waals surface area contributed by atoms with E-state index in [0.29, 0.717) is 18.0 Å². The average Bonchev–Trinajstić information content (AvgIpc) is 3.29. The molecule has 1 aliphatic rings. The molecule has 3 heterocycles. The molecule has 1 aromatic carbocycles. The zero-order chi connectivity index (χ0) is 21.3. The number of hydrogen-bond acceptors (Lipinski definition) is 6. The molecule has 0 saturated carbocycles. The monoisotopic (exact) mass is 410 g/mol. The lowest BCUT2D eigenvalue weighted by molar-refractivity contribution is 0.0679. The van der Waals surface area contributed by atoms with Gasteiger partial charge in [-0.3, -0.25) is 18.7 Å². The van der Waals surface area contributed by atoms with E-state index in [2.05, 4.69) is 10.3 Å². The second-order valence-electron chi connectivity index (χ2n) is 7.20. The number of nitrogens with one attached hydrogen (secondary N) is 1. The van der Waals surface area contributed by atoms with Gasteiger partial charge in [-0.2, -0.15) is 0 Å². The minimum absolute atomic E-state index is 0.101. The largest absolute Gasteiger partial charge is 0.491 e. The highest BCUT2D eigenvalue weighted by Crippen LogP contribution is 2.19. The number of aryl methyl sites for hydroxylation is 1. The molecule has 1 N–H and O–H groups in total. The second-order valence-corrected chi connectivity index (χ2v) is 7.20. The highest BCUT2D eigenvalue weighted by atomic mass is 16.5. The van der Waals surface area contributed by atoms with Crippen LogP contribution in [0.25, 0.3) is 11.0 Å². The Morgan fingerprint density at radius 2 is 1.93 bits per heavy atom. The van der Waals surface area contributed by atoms with Crippen molar-refractivity contribution in [2.45, 2.75) is 18.9 Å². The van der Waals surface area contributed by atoms with E-state index in [1.807, 2.05) is 0 Å². The van der Waals surface area contributed by atoms with Crippen LogP contribution in [-0.2, 0) is 18.8 Å². The van der Waals surface area contributed by atoms with Crippen molar-refractivity contribution in [2.75, 3.05) is 18.5 Å². The van der Waals surface area contributed by atoms with Crippen molar-refractivity contribution in [1.29, 1.82) is 0 Å². The number of hydrogen-bond donors (Lipinski definition) is 1. The van der Waals surface area contributed by atoms with E-state index in [9.17, 15) is 14.4 Å². The van der Waals surface area contributed by atoms with E-state index in [4.69, 9.17) is 9.47 Å². The van der Waals surface area contributed by atoms with Gasteiger partial charge in [0.25, 0.3) is 11.5 Å². The molecule has 1 fully saturated rings. The summed E-state index contributed by atoms with van der Waals surface area (Å²) in [6.45, 7) is 1.29. The van der Waals surface area contributed by atoms with Crippen LogP contribution in [0.15, 0.2) is 46.0 Å². The van der Waals surface area contributed by atoms with Crippen LogP contribution in [0.2, 0.25) is 0 Å². The number of carbonyl (C=O) groups is 1. The number of amides is 1. The van der Waals surface area contributed by atoms with Crippen molar-refractivity contribution < 1.29 is 14.3 Å². The van der Waals surface area contributed by atoms with Crippen LogP contribution in [0, 0.1) is 0 Å². The van der Waals surface area contributed by atoms with Gasteiger partial charge in [0.1, 0.15) is 23.7 Å². The Morgan fingerprint density at radius 3 is 2.63 bits per heavy atom. The van der Waals surface area contributed by atoms with Crippen LogP contribution < -0.4 is 21.3 Å². The number of fused-ring (bicyclic) bond motifs is 1. The Balaban J connectivity index is 1.49. The van der Waals surface area contributed by atoms with E-state index < -0.39 is 17.2 Å². The molecule has 1 amide bonds. The maximum atomic E-state index is 12.6. The SMILES string of the molecule is Cn1c(=O)c2ccc(C(=O)Nc3ccc(OC[C@@H]4CCCO4)cc3)nc2n(C)c1=O. The molecule has 0 aliphatic carbocycles. The smallest absolute Gasteiger partial charge is 0.332 e. The molecule has 1 aliphatic heterocycles. The van der Waals surface area contributed by atoms with Gasteiger partial charge in [0, 0.05) is 26.4 Å². The Kier molecular flexibility index (Phi) is 5.37. The summed E-state index contributed by atoms with van der Waals surface area (Å²) < 4.78 is 13.5. The van der Waals surface area contributed by atoms with Crippen LogP contribution in [-0.4, -0.2) is 39.3 Å². The van der Waals surface area contributed by atoms with E-state index in [0.717, 1.165) is 24.0 Å². The topological polar surface area (TPSA) is 104 Å². The third-order valence-electron chi connectivity index (χ3n) is 5.11. The summed E-state index contributed by atoms with van der Waals surface area (Å²) in [6, 6.07) is 9.96. The van der Waals surface area contributed by atoms with Crippen LogP contribution in [0.5, 0.6) is 5.75 Å². The number of carbonyl (C=O) groups excluding carboxylic acids is 1. The molecule has 9 heteroatoms. The summed E-state index contributed by atoms with van der Waals surface area (Å²) in [5.41, 5.74) is -0.121. The maximum Gasteiger partial charge on any atom is 0.332 e. The molecule has 0 unspecified atom stereocenters. The quantitative estimate of drug-likeness (QED) is 0.683. The van der Waals surface area contributed by atoms with Crippen LogP contribution >= 0.6 is 0 Å². The molecule has 0 radical (unpaired) electrons. The second kappa shape index (κ2) is 8.11. The summed E-state index contributed by atoms with van der Waals surface area (Å²) in [5.74, 6) is 0.247. The first kappa shape index (κ1) is 19.8. The lowest BCUT2D eigenvalue weighted by Gasteiger charge is -2.12. The number of anilines is 1. The predicted molar refractivity (Wildman–Crippen MR) is 111 cm³/mol. The van der Waals surface area contributed by atoms with Gasteiger partial charge in [0.2, 0.25) is 0 Å². The minimum Gasteiger partial charge on any atom is -0.491 e. The van der Waals surface area contributed by atoms with E-state index >= 15 is 0 Å². The lowest BCUT2D eigenvalue weighted by Crippen LogP contribution is -2.37. The first-order chi connectivity index (χ1) is 14.4. The Hall–Kier alpha value is -3.46. The number of pyridine rings is 1. The van der Waals surface area contributed by atoms with Gasteiger partial charge in [0.15, 0.2) is 0 Å². The third kappa shape index (κ3) is 3.84. The van der Waals surface area contributed by atoms with Crippen molar-refractivity contribution in [3.05, 3.63) is 62.9 Å². The Bertz CT molecular complexity index is 1210. The van der Waals surface area contributed by atoms with Crippen LogP contribution in [0.4, 0.5) is 5.69 Å². The van der Waals surface area contributed by atoms with E-state index in [-0.39, 0.29) is 22.8 Å². The van der Waals surface area contributed by atoms with Crippen LogP contribution in [0.3, 0.4) is 0 Å². The fourth-order valence-corrected chi connectivity index (χ4v) is 3.38. The predicted octanol–water partition coefficient (Wildman–Crippen LogP) is 1.44. The van der Waals surface area contributed by atoms with Crippen molar-refractivity contribution >= 4 is 22.6 Å². The first-order valence-corrected chi connectivity index (χ1v) is 9.66. The summed E-state index contributed by atoms with van der Waals surface area (Å²) in [5, 5.41) is 3.02. The summed E-state index contributed by atoms with van der Waals surface area (Å²) in [7, 11) is 2.91. The maximum absolute atomic E-state index is 12.6. The van der Waals surface area contributed by atoms with E-state index in [1.54, 1.807) is 24.3 Å². The highest BCUT2D eigenvalue weighted by Gasteiger charge is 2.16. The molecule has 0 bridgehead atoms. The Labute approximate surface area is 171 Å². The zero-order valence-electron chi connectivity index (χ0n) is 16.8. The molecule has 9 nitrogen and oxygen atoms in total. The highest BCUT2D eigenvalue weighted by molar-refractivity contribution is 6.03. The molecule has 156 valence electrons. The van der Waals surface area contributed by atoms with Crippen LogP contribution in [0.1, 0.15) is 23.3 Å². The van der Waals surface area contributed by atoms with Gasteiger partial charge in [-0.1, -0.05) is 0 Å². The van der Waals surface area contributed by atoms with Gasteiger partial charge in [-0.05, 0) is 49.2 Å². The molecular formula is C21H22N4O5. The molecule has 0 spiro atoms. The third-order valence-corrected chi connectivity index (χ3v) is 5.11. The molecule has 3 aromatic rings. The average molecular weight is 410 g/mol. The van der Waals surface area contributed by atoms with Crippen molar-refractivity contribution in [3.8, 4) is 5.75 Å². The summed E-state index contributed by atoms with van der Waals surface area (Å²) >= 11 is 0. The van der Waals surface area contributed by atoms with Crippen molar-refractivity contribution in [1.82, 2.24) is 14.1 Å². The van der Waals surface area contributed by atoms with Gasteiger partial charge in [0.05, 0.1) is 11.5 Å². The standard InChI is InChI=1S/C21H22N4O5/c1-24-18-16(20(27)25(2)21(24)28)9-10-17(23-18)19(26)22-13-5-7-14(8-6-13)30-12-15-4-3-11-29-15/h5-10,15H,3-4,11-12H2,1-2H3,(H,22,26)/t15-/m0/s1. The molecule has 1 saturated heterocycles. The molecule has 1 atom stereocenters. The fourth-order valence-electron chi connectivity index (χ4n) is 3.38. The number of aromatic nitrogens is 3. The van der Waals surface area contributed by atoms with E-state index in [1.165, 1.54) is 30.8 Å². The summed E-state index contributed by atoms with van der Waals surface area (Å²) in [6.07, 6.45) is 2.20. The van der Waals surface area contributed by atoms with Crippen molar-refractivity contribution in [2.24, 2.45) is 14.1 Å². The number of rotatable bonds is 5. The number of ether oxygens (including phenoxy) is 2. The van der Waals surface area contributed by atoms with Gasteiger partial charge in [-0.25, -0.2) is 9.78 Å². The van der Waals surface area contributed by atoms with Crippen molar-refractivity contribution in [3.63, 3.8) is 0 Å². The summed E-state index contributed by atoms with van der Waals surface area (Å²) in [4.78, 5) is 41.2.